The molecule has 0 amide bonds. The zero-order chi connectivity index (χ0) is 41.7. The summed E-state index contributed by atoms with van der Waals surface area (Å²) in [7, 11) is 0. The van der Waals surface area contributed by atoms with Gasteiger partial charge in [-0.05, 0) is 48.5 Å². The Morgan fingerprint density at radius 1 is 0.360 bits per heavy atom. The minimum Gasteiger partial charge on any atom is -0.309 e. The van der Waals surface area contributed by atoms with E-state index in [1.807, 2.05) is 66.7 Å². The Hall–Kier alpha value is -6.85. The summed E-state index contributed by atoms with van der Waals surface area (Å²) in [5.41, 5.74) is 5.48. The molecule has 5 nitrogen and oxygen atoms in total. The SMILES string of the molecule is [2H]c1c([2H])c([2H])c(-c2nc(-c3cccc(-n4c5ccccc5c5cc6c7ccccc7n(-c7ccccc7)c6cc54)c3)nc(-c3c([2H])c([2H])c([2H])c([2H])c3[2H])n2)c([2H])c1[2H]. The van der Waals surface area contributed by atoms with Crippen molar-refractivity contribution in [2.75, 3.05) is 0 Å². The smallest absolute Gasteiger partial charge is 0.164 e. The van der Waals surface area contributed by atoms with Crippen LogP contribution in [-0.2, 0) is 0 Å². The molecule has 3 aromatic heterocycles. The van der Waals surface area contributed by atoms with E-state index >= 15 is 0 Å². The minimum absolute atomic E-state index is 0.0113. The van der Waals surface area contributed by atoms with Crippen molar-refractivity contribution in [2.45, 2.75) is 0 Å². The van der Waals surface area contributed by atoms with Gasteiger partial charge in [0, 0.05) is 49.6 Å². The van der Waals surface area contributed by atoms with Crippen LogP contribution in [0.25, 0.3) is 89.2 Å². The van der Waals surface area contributed by atoms with E-state index in [0.717, 1.165) is 55.0 Å². The number of aromatic nitrogens is 5. The van der Waals surface area contributed by atoms with Crippen LogP contribution in [0.2, 0.25) is 0 Å². The first kappa shape index (κ1) is 19.8. The third-order valence-electron chi connectivity index (χ3n) is 8.93. The van der Waals surface area contributed by atoms with Crippen LogP contribution in [-0.4, -0.2) is 24.1 Å². The van der Waals surface area contributed by atoms with Crippen LogP contribution in [0.4, 0.5) is 0 Å². The Balaban J connectivity index is 1.25. The van der Waals surface area contributed by atoms with Crippen molar-refractivity contribution < 1.29 is 13.7 Å². The molecule has 5 heteroatoms. The van der Waals surface area contributed by atoms with E-state index in [4.69, 9.17) is 13.7 Å². The summed E-state index contributed by atoms with van der Waals surface area (Å²) in [6, 6.07) is 32.6. The molecule has 0 aliphatic carbocycles. The lowest BCUT2D eigenvalue weighted by atomic mass is 10.1. The fourth-order valence-corrected chi connectivity index (χ4v) is 6.80. The van der Waals surface area contributed by atoms with Crippen molar-refractivity contribution in [1.82, 2.24) is 24.1 Å². The fourth-order valence-electron chi connectivity index (χ4n) is 6.80. The first-order valence-electron chi connectivity index (χ1n) is 21.0. The summed E-state index contributed by atoms with van der Waals surface area (Å²) in [4.78, 5) is 13.7. The maximum Gasteiger partial charge on any atom is 0.164 e. The number of fused-ring (bicyclic) bond motifs is 6. The maximum absolute atomic E-state index is 8.71. The number of nitrogens with zero attached hydrogens (tertiary/aromatic N) is 5. The van der Waals surface area contributed by atoms with Crippen LogP contribution in [0.15, 0.2) is 176 Å². The molecular formula is C45H29N5. The van der Waals surface area contributed by atoms with E-state index in [2.05, 4.69) is 66.6 Å². The third kappa shape index (κ3) is 4.52. The first-order chi connectivity index (χ1) is 28.9. The molecule has 0 saturated heterocycles. The Bertz CT molecular complexity index is 3310. The molecule has 0 radical (unpaired) electrons. The number of hydrogen-bond donors (Lipinski definition) is 0. The average molecular weight is 650 g/mol. The summed E-state index contributed by atoms with van der Waals surface area (Å²) in [6.07, 6.45) is 0. The second-order valence-corrected chi connectivity index (χ2v) is 11.8. The molecule has 0 spiro atoms. The molecule has 0 aliphatic heterocycles. The van der Waals surface area contributed by atoms with Gasteiger partial charge in [0.2, 0.25) is 0 Å². The van der Waals surface area contributed by atoms with Crippen LogP contribution < -0.4 is 0 Å². The van der Waals surface area contributed by atoms with E-state index in [1.54, 1.807) is 6.07 Å². The highest BCUT2D eigenvalue weighted by Crippen LogP contribution is 2.40. The van der Waals surface area contributed by atoms with Gasteiger partial charge in [-0.2, -0.15) is 0 Å². The fraction of sp³-hybridized carbons (Fsp3) is 0. The molecule has 0 bridgehead atoms. The highest BCUT2D eigenvalue weighted by Gasteiger charge is 2.19. The molecule has 0 atom stereocenters. The van der Waals surface area contributed by atoms with Gasteiger partial charge in [-0.3, -0.25) is 0 Å². The van der Waals surface area contributed by atoms with Gasteiger partial charge >= 0.3 is 0 Å². The molecule has 0 fully saturated rings. The van der Waals surface area contributed by atoms with Crippen LogP contribution in [0.3, 0.4) is 0 Å². The molecule has 3 heterocycles. The maximum atomic E-state index is 8.71. The summed E-state index contributed by atoms with van der Waals surface area (Å²) >= 11 is 0. The van der Waals surface area contributed by atoms with Crippen LogP contribution in [0.5, 0.6) is 0 Å². The van der Waals surface area contributed by atoms with E-state index < -0.39 is 60.4 Å². The van der Waals surface area contributed by atoms with Crippen molar-refractivity contribution in [3.8, 4) is 45.5 Å². The van der Waals surface area contributed by atoms with Crippen LogP contribution in [0.1, 0.15) is 13.7 Å². The van der Waals surface area contributed by atoms with Gasteiger partial charge in [-0.1, -0.05) is 127 Å². The lowest BCUT2D eigenvalue weighted by Crippen LogP contribution is -2.01. The summed E-state index contributed by atoms with van der Waals surface area (Å²) < 4.78 is 88.9. The van der Waals surface area contributed by atoms with E-state index in [9.17, 15) is 0 Å². The van der Waals surface area contributed by atoms with Crippen molar-refractivity contribution in [2.24, 2.45) is 0 Å². The van der Waals surface area contributed by atoms with Gasteiger partial charge in [0.25, 0.3) is 0 Å². The molecule has 7 aromatic carbocycles. The molecule has 50 heavy (non-hydrogen) atoms. The summed E-state index contributed by atoms with van der Waals surface area (Å²) in [5, 5.41) is 4.29. The number of benzene rings is 7. The molecule has 10 aromatic rings. The van der Waals surface area contributed by atoms with Gasteiger partial charge in [0.15, 0.2) is 17.5 Å². The molecular weight excluding hydrogens is 611 g/mol. The quantitative estimate of drug-likeness (QED) is 0.186. The Labute approximate surface area is 302 Å². The zero-order valence-electron chi connectivity index (χ0n) is 36.2. The number of hydrogen-bond acceptors (Lipinski definition) is 3. The molecule has 0 aliphatic rings. The Morgan fingerprint density at radius 2 is 0.840 bits per heavy atom. The van der Waals surface area contributed by atoms with Gasteiger partial charge in [0.05, 0.1) is 35.8 Å². The van der Waals surface area contributed by atoms with Gasteiger partial charge in [0.1, 0.15) is 0 Å². The first-order valence-corrected chi connectivity index (χ1v) is 16.0. The van der Waals surface area contributed by atoms with Crippen LogP contribution in [0, 0.1) is 0 Å². The monoisotopic (exact) mass is 649 g/mol. The summed E-state index contributed by atoms with van der Waals surface area (Å²) in [5.74, 6) is -0.655. The zero-order valence-corrected chi connectivity index (χ0v) is 26.2. The predicted octanol–water partition coefficient (Wildman–Crippen LogP) is 11.1. The van der Waals surface area contributed by atoms with Crippen LogP contribution >= 0.6 is 0 Å². The average Bonchev–Trinajstić information content (AvgIpc) is 3.77. The highest BCUT2D eigenvalue weighted by atomic mass is 15.0. The third-order valence-corrected chi connectivity index (χ3v) is 8.93. The number of rotatable bonds is 5. The Kier molecular flexibility index (Phi) is 4.52. The van der Waals surface area contributed by atoms with Crippen molar-refractivity contribution in [1.29, 1.82) is 0 Å². The second kappa shape index (κ2) is 11.4. The topological polar surface area (TPSA) is 48.5 Å². The van der Waals surface area contributed by atoms with Crippen molar-refractivity contribution in [3.63, 3.8) is 0 Å². The highest BCUT2D eigenvalue weighted by molar-refractivity contribution is 6.19. The van der Waals surface area contributed by atoms with Crippen molar-refractivity contribution >= 4 is 43.6 Å². The molecule has 0 unspecified atom stereocenters. The standard InChI is InChI=1S/C45H29N5/c1-4-15-30(16-5-1)43-46-44(31-17-6-2-7-18-31)48-45(47-43)32-19-14-22-34(27-32)50-40-26-13-11-24-36(40)38-28-37-35-23-10-12-25-39(35)49(41(37)29-42(38)50)33-20-8-3-9-21-33/h1-29H/i1D,2D,4D,5D,6D,7D,15D,16D,17D,18D. The van der Waals surface area contributed by atoms with E-state index in [-0.39, 0.29) is 28.6 Å². The predicted molar refractivity (Wildman–Crippen MR) is 205 cm³/mol. The van der Waals surface area contributed by atoms with Crippen molar-refractivity contribution in [3.05, 3.63) is 176 Å². The lowest BCUT2D eigenvalue weighted by Gasteiger charge is -2.12. The largest absolute Gasteiger partial charge is 0.309 e. The molecule has 234 valence electrons. The molecule has 10 rings (SSSR count). The lowest BCUT2D eigenvalue weighted by molar-refractivity contribution is 1.07. The van der Waals surface area contributed by atoms with Gasteiger partial charge < -0.3 is 9.13 Å². The van der Waals surface area contributed by atoms with E-state index in [0.29, 0.717) is 5.56 Å². The molecule has 0 N–H and O–H groups in total. The van der Waals surface area contributed by atoms with Gasteiger partial charge in [-0.15, -0.1) is 0 Å². The van der Waals surface area contributed by atoms with Gasteiger partial charge in [-0.25, -0.2) is 15.0 Å². The van der Waals surface area contributed by atoms with E-state index in [1.165, 1.54) is 0 Å². The Morgan fingerprint density at radius 3 is 1.42 bits per heavy atom. The normalized spacial score (nSPS) is 14.4. The summed E-state index contributed by atoms with van der Waals surface area (Å²) in [6.45, 7) is 0. The number of para-hydroxylation sites is 3. The second-order valence-electron chi connectivity index (χ2n) is 11.8. The minimum atomic E-state index is -0.605. The molecule has 0 saturated carbocycles.